The number of hydrogen-bond acceptors (Lipinski definition) is 4. The number of carbonyl (C=O) groups is 1. The Morgan fingerprint density at radius 1 is 1.33 bits per heavy atom. The first kappa shape index (κ1) is 15.9. The lowest BCUT2D eigenvalue weighted by Crippen LogP contribution is -2.37. The van der Waals surface area contributed by atoms with Gasteiger partial charge in [0.15, 0.2) is 0 Å². The minimum absolute atomic E-state index is 0. The van der Waals surface area contributed by atoms with Crippen molar-refractivity contribution in [2.75, 3.05) is 18.4 Å². The lowest BCUT2D eigenvalue weighted by Gasteiger charge is -2.21. The first-order valence-corrected chi connectivity index (χ1v) is 7.72. The third kappa shape index (κ3) is 4.03. The van der Waals surface area contributed by atoms with Crippen LogP contribution in [0.4, 0.5) is 5.69 Å². The van der Waals surface area contributed by atoms with Crippen molar-refractivity contribution >= 4 is 35.3 Å². The highest BCUT2D eigenvalue weighted by Crippen LogP contribution is 2.23. The molecule has 2 N–H and O–H groups in total. The number of hydrogen-bond donors (Lipinski definition) is 2. The van der Waals surface area contributed by atoms with E-state index in [1.807, 2.05) is 29.6 Å². The van der Waals surface area contributed by atoms with Crippen molar-refractivity contribution in [3.8, 4) is 10.6 Å². The van der Waals surface area contributed by atoms with E-state index in [0.717, 1.165) is 42.2 Å². The summed E-state index contributed by atoms with van der Waals surface area (Å²) in [4.78, 5) is 16.4. The van der Waals surface area contributed by atoms with Crippen molar-refractivity contribution < 1.29 is 4.79 Å². The molecule has 0 radical (unpaired) electrons. The van der Waals surface area contributed by atoms with Crippen LogP contribution in [-0.2, 0) is 4.79 Å². The number of piperidine rings is 1. The van der Waals surface area contributed by atoms with Crippen molar-refractivity contribution in [2.45, 2.75) is 12.8 Å². The number of carbonyl (C=O) groups excluding carboxylic acids is 1. The molecule has 4 nitrogen and oxygen atoms in total. The molecule has 2 heterocycles. The highest BCUT2D eigenvalue weighted by Gasteiger charge is 2.20. The monoisotopic (exact) mass is 323 g/mol. The van der Waals surface area contributed by atoms with E-state index in [2.05, 4.69) is 15.6 Å². The van der Waals surface area contributed by atoms with Crippen LogP contribution in [0.1, 0.15) is 12.8 Å². The van der Waals surface area contributed by atoms with Gasteiger partial charge in [0.25, 0.3) is 0 Å². The highest BCUT2D eigenvalue weighted by atomic mass is 35.5. The van der Waals surface area contributed by atoms with Crippen LogP contribution in [0.25, 0.3) is 10.6 Å². The van der Waals surface area contributed by atoms with Gasteiger partial charge in [-0.05, 0) is 43.7 Å². The van der Waals surface area contributed by atoms with Gasteiger partial charge in [-0.15, -0.1) is 23.7 Å². The van der Waals surface area contributed by atoms with Gasteiger partial charge in [0.1, 0.15) is 5.01 Å². The van der Waals surface area contributed by atoms with Crippen LogP contribution in [-0.4, -0.2) is 24.0 Å². The fourth-order valence-corrected chi connectivity index (χ4v) is 3.03. The number of rotatable bonds is 3. The molecular weight excluding hydrogens is 306 g/mol. The molecule has 1 saturated heterocycles. The van der Waals surface area contributed by atoms with Crippen molar-refractivity contribution in [3.63, 3.8) is 0 Å². The largest absolute Gasteiger partial charge is 0.326 e. The molecule has 0 unspecified atom stereocenters. The van der Waals surface area contributed by atoms with Crippen molar-refractivity contribution in [1.82, 2.24) is 10.3 Å². The Hall–Kier alpha value is -1.43. The maximum Gasteiger partial charge on any atom is 0.228 e. The second-order valence-electron chi connectivity index (χ2n) is 4.95. The van der Waals surface area contributed by atoms with Gasteiger partial charge in [-0.2, -0.15) is 0 Å². The summed E-state index contributed by atoms with van der Waals surface area (Å²) in [5.41, 5.74) is 1.93. The second kappa shape index (κ2) is 7.54. The van der Waals surface area contributed by atoms with Crippen molar-refractivity contribution in [1.29, 1.82) is 0 Å². The maximum absolute atomic E-state index is 12.1. The Bertz CT molecular complexity index is 565. The van der Waals surface area contributed by atoms with E-state index in [4.69, 9.17) is 0 Å². The number of nitrogens with zero attached hydrogens (tertiary/aromatic N) is 1. The zero-order chi connectivity index (χ0) is 13.8. The van der Waals surface area contributed by atoms with Gasteiger partial charge >= 0.3 is 0 Å². The number of benzene rings is 1. The van der Waals surface area contributed by atoms with Crippen LogP contribution in [0.2, 0.25) is 0 Å². The minimum atomic E-state index is 0. The van der Waals surface area contributed by atoms with Gasteiger partial charge < -0.3 is 10.6 Å². The number of amides is 1. The number of nitrogens with one attached hydrogen (secondary N) is 2. The number of thiazole rings is 1. The Morgan fingerprint density at radius 3 is 2.76 bits per heavy atom. The third-order valence-corrected chi connectivity index (χ3v) is 4.32. The lowest BCUT2D eigenvalue weighted by atomic mass is 9.99. The summed E-state index contributed by atoms with van der Waals surface area (Å²) in [5.74, 6) is 0.196. The molecule has 6 heteroatoms. The van der Waals surface area contributed by atoms with Crippen LogP contribution < -0.4 is 10.6 Å². The molecule has 0 spiro atoms. The predicted molar refractivity (Wildman–Crippen MR) is 89.0 cm³/mol. The average Bonchev–Trinajstić information content (AvgIpc) is 3.03. The van der Waals surface area contributed by atoms with Gasteiger partial charge in [0.2, 0.25) is 5.91 Å². The Kier molecular flexibility index (Phi) is 5.73. The van der Waals surface area contributed by atoms with E-state index >= 15 is 0 Å². The van der Waals surface area contributed by atoms with Crippen LogP contribution in [0.3, 0.4) is 0 Å². The van der Waals surface area contributed by atoms with Gasteiger partial charge in [-0.1, -0.05) is 0 Å². The van der Waals surface area contributed by atoms with Gasteiger partial charge in [0, 0.05) is 29.4 Å². The standard InChI is InChI=1S/C15H17N3OS.ClH/c19-14(12-2-1-7-16-10-12)18-13-5-3-11(4-6-13)15-17-8-9-20-15;/h3-6,8-9,12,16H,1-2,7,10H2,(H,18,19);1H/t12-;/m1./s1. The lowest BCUT2D eigenvalue weighted by molar-refractivity contribution is -0.120. The molecule has 0 aliphatic carbocycles. The fourth-order valence-electron chi connectivity index (χ4n) is 2.38. The highest BCUT2D eigenvalue weighted by molar-refractivity contribution is 7.13. The average molecular weight is 324 g/mol. The molecule has 0 bridgehead atoms. The fraction of sp³-hybridized carbons (Fsp3) is 0.333. The van der Waals surface area contributed by atoms with Crippen LogP contribution in [0.15, 0.2) is 35.8 Å². The Morgan fingerprint density at radius 2 is 2.14 bits per heavy atom. The molecule has 1 aromatic heterocycles. The van der Waals surface area contributed by atoms with Gasteiger partial charge in [0.05, 0.1) is 5.92 Å². The van der Waals surface area contributed by atoms with Crippen molar-refractivity contribution in [2.24, 2.45) is 5.92 Å². The first-order chi connectivity index (χ1) is 9.83. The summed E-state index contributed by atoms with van der Waals surface area (Å²) in [6.45, 7) is 1.80. The first-order valence-electron chi connectivity index (χ1n) is 6.84. The van der Waals surface area contributed by atoms with E-state index in [9.17, 15) is 4.79 Å². The third-order valence-electron chi connectivity index (χ3n) is 3.50. The summed E-state index contributed by atoms with van der Waals surface area (Å²) in [7, 11) is 0. The summed E-state index contributed by atoms with van der Waals surface area (Å²) in [6, 6.07) is 7.86. The zero-order valence-corrected chi connectivity index (χ0v) is 13.2. The predicted octanol–water partition coefficient (Wildman–Crippen LogP) is 3.17. The molecule has 1 aliphatic heterocycles. The normalized spacial score (nSPS) is 17.8. The molecule has 1 fully saturated rings. The van der Waals surface area contributed by atoms with Crippen LogP contribution >= 0.6 is 23.7 Å². The molecule has 1 aromatic carbocycles. The van der Waals surface area contributed by atoms with Gasteiger partial charge in [-0.25, -0.2) is 4.98 Å². The van der Waals surface area contributed by atoms with E-state index < -0.39 is 0 Å². The van der Waals surface area contributed by atoms with Crippen molar-refractivity contribution in [3.05, 3.63) is 35.8 Å². The maximum atomic E-state index is 12.1. The molecule has 2 aromatic rings. The summed E-state index contributed by atoms with van der Waals surface area (Å²) in [6.07, 6.45) is 3.84. The SMILES string of the molecule is Cl.O=C(Nc1ccc(-c2nccs2)cc1)[C@@H]1CCCNC1. The molecule has 21 heavy (non-hydrogen) atoms. The Labute approximate surface area is 134 Å². The van der Waals surface area contributed by atoms with Gasteiger partial charge in [-0.3, -0.25) is 4.79 Å². The number of halogens is 1. The van der Waals surface area contributed by atoms with E-state index in [-0.39, 0.29) is 24.2 Å². The molecular formula is C15H18ClN3OS. The summed E-state index contributed by atoms with van der Waals surface area (Å²) >= 11 is 1.61. The zero-order valence-electron chi connectivity index (χ0n) is 11.5. The summed E-state index contributed by atoms with van der Waals surface area (Å²) in [5, 5.41) is 9.21. The molecule has 1 aliphatic rings. The summed E-state index contributed by atoms with van der Waals surface area (Å²) < 4.78 is 0. The smallest absolute Gasteiger partial charge is 0.228 e. The number of anilines is 1. The molecule has 112 valence electrons. The van der Waals surface area contributed by atoms with Crippen LogP contribution in [0, 0.1) is 5.92 Å². The molecule has 0 saturated carbocycles. The van der Waals surface area contributed by atoms with E-state index in [0.29, 0.717) is 0 Å². The molecule has 1 atom stereocenters. The van der Waals surface area contributed by atoms with E-state index in [1.54, 1.807) is 17.5 Å². The van der Waals surface area contributed by atoms with E-state index in [1.165, 1.54) is 0 Å². The van der Waals surface area contributed by atoms with Crippen LogP contribution in [0.5, 0.6) is 0 Å². The minimum Gasteiger partial charge on any atom is -0.326 e. The second-order valence-corrected chi connectivity index (χ2v) is 5.84. The molecule has 1 amide bonds. The number of aromatic nitrogens is 1. The Balaban J connectivity index is 0.00000161. The quantitative estimate of drug-likeness (QED) is 0.912. The topological polar surface area (TPSA) is 54.0 Å². The molecule has 3 rings (SSSR count).